The first-order valence-electron chi connectivity index (χ1n) is 14.0. The highest BCUT2D eigenvalue weighted by atomic mass is 32.2. The van der Waals surface area contributed by atoms with Crippen LogP contribution < -0.4 is 0 Å². The van der Waals surface area contributed by atoms with Crippen LogP contribution >= 0.6 is 0 Å². The summed E-state index contributed by atoms with van der Waals surface area (Å²) in [6, 6.07) is 3.54. The molecule has 1 aliphatic rings. The largest absolute Gasteiger partial charge is 0.444 e. The molecule has 2 atom stereocenters. The molecule has 1 amide bonds. The molecule has 1 aromatic carbocycles. The molecule has 0 radical (unpaired) electrons. The van der Waals surface area contributed by atoms with Crippen molar-refractivity contribution in [2.45, 2.75) is 96.1 Å². The Morgan fingerprint density at radius 2 is 1.81 bits per heavy atom. The van der Waals surface area contributed by atoms with E-state index < -0.39 is 57.6 Å². The number of carbonyl (C=O) groups excluding carboxylic acids is 1. The zero-order valence-electron chi connectivity index (χ0n) is 26.5. The van der Waals surface area contributed by atoms with Crippen LogP contribution in [0.15, 0.2) is 53.5 Å². The summed E-state index contributed by atoms with van der Waals surface area (Å²) < 4.78 is 41.1. The van der Waals surface area contributed by atoms with E-state index in [1.807, 2.05) is 19.9 Å². The number of carbonyl (C=O) groups is 1. The lowest BCUT2D eigenvalue weighted by atomic mass is 9.90. The first-order valence-corrected chi connectivity index (χ1v) is 18.4. The first-order chi connectivity index (χ1) is 19.1. The summed E-state index contributed by atoms with van der Waals surface area (Å²) in [5.41, 5.74) is -0.708. The van der Waals surface area contributed by atoms with Gasteiger partial charge in [0.2, 0.25) is 0 Å². The molecule has 0 saturated carbocycles. The van der Waals surface area contributed by atoms with Gasteiger partial charge in [0.1, 0.15) is 5.60 Å². The van der Waals surface area contributed by atoms with Crippen molar-refractivity contribution in [2.24, 2.45) is 5.92 Å². The zero-order chi connectivity index (χ0) is 32.3. The van der Waals surface area contributed by atoms with E-state index in [0.717, 1.165) is 10.5 Å². The van der Waals surface area contributed by atoms with Crippen LogP contribution in [0.2, 0.25) is 18.1 Å². The van der Waals surface area contributed by atoms with Crippen molar-refractivity contribution in [1.29, 1.82) is 0 Å². The van der Waals surface area contributed by atoms with Crippen molar-refractivity contribution in [3.8, 4) is 0 Å². The summed E-state index contributed by atoms with van der Waals surface area (Å²) in [5.74, 6) is -0.165. The maximum absolute atomic E-state index is 14.1. The standard InChI is InChI=1S/C29H47N3O8SSi/c1-12-17-38-32(41(36,37)26-16-14-13-15-24(26)31(34)35)25-19-30(27(33)40-28(4,5)6)22(18-23(25)21(2)3)20-39-42(10,11)29(7,8)9/h12-16,18,21-22,25H,1,17,19-20H2,2-11H3/t22-,25+/m1/s1. The second kappa shape index (κ2) is 13.4. The van der Waals surface area contributed by atoms with E-state index in [1.54, 1.807) is 20.8 Å². The molecule has 236 valence electrons. The van der Waals surface area contributed by atoms with E-state index in [1.165, 1.54) is 29.2 Å². The minimum absolute atomic E-state index is 0.0701. The van der Waals surface area contributed by atoms with Crippen LogP contribution in [-0.2, 0) is 24.0 Å². The number of nitro groups is 1. The molecule has 0 saturated heterocycles. The normalized spacial score (nSPS) is 18.7. The quantitative estimate of drug-likeness (QED) is 0.121. The topological polar surface area (TPSA) is 129 Å². The molecule has 0 unspecified atom stereocenters. The number of ether oxygens (including phenoxy) is 1. The molecule has 0 aromatic heterocycles. The fourth-order valence-electron chi connectivity index (χ4n) is 4.17. The number of para-hydroxylation sites is 1. The molecule has 0 spiro atoms. The van der Waals surface area contributed by atoms with Crippen LogP contribution in [0.5, 0.6) is 0 Å². The van der Waals surface area contributed by atoms with E-state index in [-0.39, 0.29) is 30.7 Å². The van der Waals surface area contributed by atoms with Crippen molar-refractivity contribution in [3.05, 3.63) is 58.7 Å². The average Bonchev–Trinajstić information content (AvgIpc) is 2.85. The number of nitrogens with zero attached hydrogens (tertiary/aromatic N) is 3. The second-order valence-electron chi connectivity index (χ2n) is 13.2. The van der Waals surface area contributed by atoms with E-state index >= 15 is 0 Å². The van der Waals surface area contributed by atoms with Gasteiger partial charge in [-0.3, -0.25) is 19.9 Å². The van der Waals surface area contributed by atoms with Crippen molar-refractivity contribution in [2.75, 3.05) is 19.8 Å². The number of sulfonamides is 1. The minimum Gasteiger partial charge on any atom is -0.444 e. The van der Waals surface area contributed by atoms with Crippen molar-refractivity contribution >= 4 is 30.1 Å². The average molecular weight is 626 g/mol. The lowest BCUT2D eigenvalue weighted by Crippen LogP contribution is -2.58. The van der Waals surface area contributed by atoms with Crippen molar-refractivity contribution in [1.82, 2.24) is 9.37 Å². The predicted octanol–water partition coefficient (Wildman–Crippen LogP) is 6.30. The third kappa shape index (κ3) is 8.50. The number of amides is 1. The monoisotopic (exact) mass is 625 g/mol. The van der Waals surface area contributed by atoms with Gasteiger partial charge in [0, 0.05) is 12.6 Å². The van der Waals surface area contributed by atoms with E-state index in [2.05, 4.69) is 40.4 Å². The third-order valence-corrected chi connectivity index (χ3v) is 13.6. The van der Waals surface area contributed by atoms with Crippen LogP contribution in [0.25, 0.3) is 0 Å². The first kappa shape index (κ1) is 35.6. The molecule has 0 bridgehead atoms. The predicted molar refractivity (Wildman–Crippen MR) is 165 cm³/mol. The summed E-state index contributed by atoms with van der Waals surface area (Å²) in [6.07, 6.45) is 2.59. The third-order valence-electron chi connectivity index (χ3n) is 7.41. The minimum atomic E-state index is -4.59. The number of nitro benzene ring substituents is 1. The lowest BCUT2D eigenvalue weighted by molar-refractivity contribution is -0.388. The van der Waals surface area contributed by atoms with Crippen molar-refractivity contribution < 1.29 is 32.1 Å². The van der Waals surface area contributed by atoms with Gasteiger partial charge in [-0.1, -0.05) is 63.4 Å². The van der Waals surface area contributed by atoms with E-state index in [0.29, 0.717) is 5.57 Å². The van der Waals surface area contributed by atoms with Gasteiger partial charge in [-0.15, -0.1) is 6.58 Å². The summed E-state index contributed by atoms with van der Waals surface area (Å²) in [4.78, 5) is 31.3. The Balaban J connectivity index is 2.72. The van der Waals surface area contributed by atoms with Crippen LogP contribution in [0.3, 0.4) is 0 Å². The maximum atomic E-state index is 14.1. The molecule has 0 aliphatic carbocycles. The van der Waals surface area contributed by atoms with Gasteiger partial charge in [0.05, 0.1) is 30.2 Å². The van der Waals surface area contributed by atoms with Gasteiger partial charge < -0.3 is 9.16 Å². The number of benzene rings is 1. The second-order valence-corrected chi connectivity index (χ2v) is 19.7. The number of hydrogen-bond acceptors (Lipinski definition) is 8. The molecule has 42 heavy (non-hydrogen) atoms. The van der Waals surface area contributed by atoms with Crippen LogP contribution in [-0.4, -0.2) is 74.6 Å². The fraction of sp³-hybridized carbons (Fsp3) is 0.621. The van der Waals surface area contributed by atoms with E-state index in [9.17, 15) is 23.3 Å². The molecule has 1 aliphatic heterocycles. The Kier molecular flexibility index (Phi) is 11.3. The molecule has 0 fully saturated rings. The molecule has 0 N–H and O–H groups in total. The van der Waals surface area contributed by atoms with Gasteiger partial charge >= 0.3 is 6.09 Å². The summed E-state index contributed by atoms with van der Waals surface area (Å²) in [7, 11) is -6.80. The number of rotatable bonds is 11. The Morgan fingerprint density at radius 3 is 2.31 bits per heavy atom. The van der Waals surface area contributed by atoms with Gasteiger partial charge in [-0.05, 0) is 56.5 Å². The van der Waals surface area contributed by atoms with Crippen LogP contribution in [0.1, 0.15) is 55.4 Å². The SMILES string of the molecule is C=CCON([C@H]1CN(C(=O)OC(C)(C)C)[C@@H](CO[Si](C)(C)C(C)(C)C)C=C1C(C)C)S(=O)(=O)c1ccccc1[N+](=O)[O-]. The molecule has 13 heteroatoms. The van der Waals surface area contributed by atoms with Crippen molar-refractivity contribution in [3.63, 3.8) is 0 Å². The fourth-order valence-corrected chi connectivity index (χ4v) is 6.77. The van der Waals surface area contributed by atoms with Crippen LogP contribution in [0, 0.1) is 16.0 Å². The maximum Gasteiger partial charge on any atom is 0.410 e. The summed E-state index contributed by atoms with van der Waals surface area (Å²) in [6.45, 7) is 23.2. The highest BCUT2D eigenvalue weighted by molar-refractivity contribution is 7.89. The molecular weight excluding hydrogens is 578 g/mol. The van der Waals surface area contributed by atoms with E-state index in [4.69, 9.17) is 14.0 Å². The molecule has 2 rings (SSSR count). The highest BCUT2D eigenvalue weighted by Crippen LogP contribution is 2.38. The van der Waals surface area contributed by atoms with Gasteiger partial charge in [-0.25, -0.2) is 13.2 Å². The molecule has 1 heterocycles. The summed E-state index contributed by atoms with van der Waals surface area (Å²) >= 11 is 0. The Labute approximate surface area is 251 Å². The number of hydrogen-bond donors (Lipinski definition) is 0. The summed E-state index contributed by atoms with van der Waals surface area (Å²) in [5, 5.41) is 11.7. The Hall–Kier alpha value is -2.58. The van der Waals surface area contributed by atoms with Crippen LogP contribution in [0.4, 0.5) is 10.5 Å². The number of hydroxylamine groups is 1. The smallest absolute Gasteiger partial charge is 0.410 e. The zero-order valence-corrected chi connectivity index (χ0v) is 28.4. The van der Waals surface area contributed by atoms with Gasteiger partial charge in [0.25, 0.3) is 15.7 Å². The Bertz CT molecular complexity index is 1280. The molecule has 1 aromatic rings. The lowest BCUT2D eigenvalue weighted by Gasteiger charge is -2.44. The molecular formula is C29H47N3O8SSi. The van der Waals surface area contributed by atoms with Gasteiger partial charge in [0.15, 0.2) is 13.2 Å². The highest BCUT2D eigenvalue weighted by Gasteiger charge is 2.46. The molecule has 11 nitrogen and oxygen atoms in total. The van der Waals surface area contributed by atoms with Gasteiger partial charge in [-0.2, -0.15) is 0 Å². The Morgan fingerprint density at radius 1 is 1.21 bits per heavy atom.